The van der Waals surface area contributed by atoms with Gasteiger partial charge in [-0.2, -0.15) is 0 Å². The first-order valence-electron chi connectivity index (χ1n) is 9.79. The van der Waals surface area contributed by atoms with Crippen LogP contribution in [0.25, 0.3) is 0 Å². The van der Waals surface area contributed by atoms with Crippen LogP contribution >= 0.6 is 0 Å². The average Bonchev–Trinajstić information content (AvgIpc) is 2.93. The Balaban J connectivity index is 1.52. The lowest BCUT2D eigenvalue weighted by atomic mass is 9.94. The summed E-state index contributed by atoms with van der Waals surface area (Å²) in [7, 11) is 3.61. The third-order valence-electron chi connectivity index (χ3n) is 5.67. The van der Waals surface area contributed by atoms with Gasteiger partial charge in [-0.1, -0.05) is 30.3 Å². The van der Waals surface area contributed by atoms with Crippen molar-refractivity contribution in [2.24, 2.45) is 5.92 Å². The molecule has 3 aliphatic rings. The van der Waals surface area contributed by atoms with Crippen molar-refractivity contribution in [1.29, 1.82) is 0 Å². The molecule has 3 fully saturated rings. The highest BCUT2D eigenvalue weighted by Gasteiger charge is 2.37. The van der Waals surface area contributed by atoms with Crippen molar-refractivity contribution in [3.8, 4) is 0 Å². The Bertz CT molecular complexity index is 617. The van der Waals surface area contributed by atoms with Gasteiger partial charge < -0.3 is 9.80 Å². The van der Waals surface area contributed by atoms with Crippen molar-refractivity contribution in [2.75, 3.05) is 40.3 Å². The molecule has 0 unspecified atom stereocenters. The molecule has 1 aromatic rings. The SMILES string of the molecule is CN(C)C(=O)CN1C[C@H]2CC[C@@H](C1)N(C(=O)CCCc1ccccc1)C2. The van der Waals surface area contributed by atoms with Gasteiger partial charge in [0.25, 0.3) is 0 Å². The van der Waals surface area contributed by atoms with Gasteiger partial charge in [-0.05, 0) is 37.2 Å². The van der Waals surface area contributed by atoms with Crippen LogP contribution in [0, 0.1) is 5.92 Å². The van der Waals surface area contributed by atoms with Gasteiger partial charge in [0.1, 0.15) is 0 Å². The number of nitrogens with zero attached hydrogens (tertiary/aromatic N) is 3. The number of hydrogen-bond donors (Lipinski definition) is 0. The molecule has 2 bridgehead atoms. The minimum absolute atomic E-state index is 0.145. The van der Waals surface area contributed by atoms with Crippen molar-refractivity contribution < 1.29 is 9.59 Å². The maximum absolute atomic E-state index is 12.8. The number of hydrogen-bond acceptors (Lipinski definition) is 3. The van der Waals surface area contributed by atoms with E-state index >= 15 is 0 Å². The Morgan fingerprint density at radius 2 is 1.85 bits per heavy atom. The molecule has 142 valence electrons. The Kier molecular flexibility index (Phi) is 6.30. The highest BCUT2D eigenvalue weighted by molar-refractivity contribution is 5.78. The molecule has 2 atom stereocenters. The summed E-state index contributed by atoms with van der Waals surface area (Å²) in [5.74, 6) is 0.935. The molecule has 1 aromatic carbocycles. The average molecular weight is 357 g/mol. The Labute approximate surface area is 156 Å². The number of benzene rings is 1. The summed E-state index contributed by atoms with van der Waals surface area (Å²) in [5.41, 5.74) is 1.30. The van der Waals surface area contributed by atoms with Crippen LogP contribution in [0.4, 0.5) is 0 Å². The Hall–Kier alpha value is -1.88. The van der Waals surface area contributed by atoms with E-state index < -0.39 is 0 Å². The molecule has 0 radical (unpaired) electrons. The molecule has 3 heterocycles. The van der Waals surface area contributed by atoms with E-state index in [1.807, 2.05) is 6.07 Å². The summed E-state index contributed by atoms with van der Waals surface area (Å²) < 4.78 is 0. The van der Waals surface area contributed by atoms with Gasteiger partial charge in [-0.15, -0.1) is 0 Å². The summed E-state index contributed by atoms with van der Waals surface area (Å²) in [6, 6.07) is 10.6. The summed E-state index contributed by atoms with van der Waals surface area (Å²) in [6.45, 7) is 3.10. The molecule has 0 spiro atoms. The predicted octanol–water partition coefficient (Wildman–Crippen LogP) is 2.02. The zero-order chi connectivity index (χ0) is 18.5. The van der Waals surface area contributed by atoms with Crippen molar-refractivity contribution in [3.63, 3.8) is 0 Å². The number of likely N-dealkylation sites (N-methyl/N-ethyl adjacent to an activating group) is 1. The summed E-state index contributed by atoms with van der Waals surface area (Å²) >= 11 is 0. The predicted molar refractivity (Wildman–Crippen MR) is 103 cm³/mol. The van der Waals surface area contributed by atoms with Gasteiger partial charge in [0, 0.05) is 46.2 Å². The smallest absolute Gasteiger partial charge is 0.236 e. The zero-order valence-corrected chi connectivity index (χ0v) is 16.1. The van der Waals surface area contributed by atoms with Crippen LogP contribution in [-0.2, 0) is 16.0 Å². The second-order valence-electron chi connectivity index (χ2n) is 7.96. The van der Waals surface area contributed by atoms with E-state index in [-0.39, 0.29) is 17.9 Å². The largest absolute Gasteiger partial charge is 0.348 e. The third kappa shape index (κ3) is 4.85. The van der Waals surface area contributed by atoms with Crippen LogP contribution in [0.2, 0.25) is 0 Å². The number of piperidine rings is 1. The first-order chi connectivity index (χ1) is 12.5. The molecule has 0 saturated carbocycles. The molecule has 0 aliphatic carbocycles. The Morgan fingerprint density at radius 1 is 1.08 bits per heavy atom. The fourth-order valence-corrected chi connectivity index (χ4v) is 4.18. The van der Waals surface area contributed by atoms with E-state index in [9.17, 15) is 9.59 Å². The van der Waals surface area contributed by atoms with Crippen LogP contribution < -0.4 is 0 Å². The van der Waals surface area contributed by atoms with Gasteiger partial charge in [-0.3, -0.25) is 14.5 Å². The lowest BCUT2D eigenvalue weighted by Crippen LogP contribution is -2.47. The Morgan fingerprint density at radius 3 is 2.58 bits per heavy atom. The van der Waals surface area contributed by atoms with Crippen molar-refractivity contribution >= 4 is 11.8 Å². The number of rotatable bonds is 6. The fraction of sp³-hybridized carbons (Fsp3) is 0.619. The summed E-state index contributed by atoms with van der Waals surface area (Å²) in [5, 5.41) is 0. The molecular weight excluding hydrogens is 326 g/mol. The van der Waals surface area contributed by atoms with Gasteiger partial charge in [0.05, 0.1) is 6.54 Å². The molecule has 0 N–H and O–H groups in total. The number of carbonyl (C=O) groups is 2. The molecule has 5 nitrogen and oxygen atoms in total. The first kappa shape index (κ1) is 18.9. The molecule has 5 heteroatoms. The van der Waals surface area contributed by atoms with Crippen molar-refractivity contribution in [3.05, 3.63) is 35.9 Å². The monoisotopic (exact) mass is 357 g/mol. The molecule has 3 saturated heterocycles. The third-order valence-corrected chi connectivity index (χ3v) is 5.67. The van der Waals surface area contributed by atoms with E-state index in [2.05, 4.69) is 34.1 Å². The van der Waals surface area contributed by atoms with Crippen molar-refractivity contribution in [2.45, 2.75) is 38.1 Å². The first-order valence-corrected chi connectivity index (χ1v) is 9.79. The molecule has 0 aromatic heterocycles. The number of carbonyl (C=O) groups excluding carboxylic acids is 2. The van der Waals surface area contributed by atoms with Crippen LogP contribution in [0.1, 0.15) is 31.2 Å². The van der Waals surface area contributed by atoms with Gasteiger partial charge in [0.2, 0.25) is 11.8 Å². The van der Waals surface area contributed by atoms with Crippen LogP contribution in [-0.4, -0.2) is 72.8 Å². The second kappa shape index (κ2) is 8.67. The number of amides is 2. The molecule has 2 amide bonds. The van der Waals surface area contributed by atoms with E-state index in [1.54, 1.807) is 19.0 Å². The normalized spacial score (nSPS) is 22.9. The number of aryl methyl sites for hydroxylation is 1. The molecule has 3 aliphatic heterocycles. The summed E-state index contributed by atoms with van der Waals surface area (Å²) in [4.78, 5) is 30.9. The molecular formula is C21H31N3O2. The topological polar surface area (TPSA) is 43.9 Å². The van der Waals surface area contributed by atoms with E-state index in [4.69, 9.17) is 0 Å². The van der Waals surface area contributed by atoms with E-state index in [1.165, 1.54) is 12.0 Å². The van der Waals surface area contributed by atoms with E-state index in [0.717, 1.165) is 38.9 Å². The lowest BCUT2D eigenvalue weighted by molar-refractivity contribution is -0.135. The van der Waals surface area contributed by atoms with Crippen LogP contribution in [0.15, 0.2) is 30.3 Å². The fourth-order valence-electron chi connectivity index (χ4n) is 4.18. The maximum atomic E-state index is 12.8. The van der Waals surface area contributed by atoms with Crippen LogP contribution in [0.3, 0.4) is 0 Å². The van der Waals surface area contributed by atoms with E-state index in [0.29, 0.717) is 18.9 Å². The number of fused-ring (bicyclic) bond motifs is 4. The summed E-state index contributed by atoms with van der Waals surface area (Å²) in [6.07, 6.45) is 4.72. The molecule has 4 rings (SSSR count). The lowest BCUT2D eigenvalue weighted by Gasteiger charge is -2.36. The van der Waals surface area contributed by atoms with Gasteiger partial charge >= 0.3 is 0 Å². The zero-order valence-electron chi connectivity index (χ0n) is 16.1. The van der Waals surface area contributed by atoms with Crippen LogP contribution in [0.5, 0.6) is 0 Å². The highest BCUT2D eigenvalue weighted by Crippen LogP contribution is 2.28. The minimum Gasteiger partial charge on any atom is -0.348 e. The maximum Gasteiger partial charge on any atom is 0.236 e. The van der Waals surface area contributed by atoms with Gasteiger partial charge in [0.15, 0.2) is 0 Å². The standard InChI is InChI=1S/C21H31N3O2/c1-22(2)21(26)16-23-13-18-11-12-19(15-23)24(14-18)20(25)10-6-9-17-7-4-3-5-8-17/h3-5,7-8,18-19H,6,9-16H2,1-2H3/t18-,19+/m1/s1. The van der Waals surface area contributed by atoms with Gasteiger partial charge in [-0.25, -0.2) is 0 Å². The van der Waals surface area contributed by atoms with Crippen molar-refractivity contribution in [1.82, 2.24) is 14.7 Å². The quantitative estimate of drug-likeness (QED) is 0.782. The highest BCUT2D eigenvalue weighted by atomic mass is 16.2. The minimum atomic E-state index is 0.145. The second-order valence-corrected chi connectivity index (χ2v) is 7.96. The molecule has 26 heavy (non-hydrogen) atoms.